The minimum absolute atomic E-state index is 0.235. The Bertz CT molecular complexity index is 508. The number of carbonyl (C=O) groups is 1. The number of carbonyl (C=O) groups excluding carboxylic acids is 1. The lowest BCUT2D eigenvalue weighted by Gasteiger charge is -2.26. The smallest absolute Gasteiger partial charge is 0.314 e. The number of rotatable bonds is 7. The molecule has 1 fully saturated rings. The number of aliphatic hydroxyl groups is 1. The number of nitrogens with zero attached hydrogens (tertiary/aromatic N) is 2. The third kappa shape index (κ3) is 6.11. The molecule has 0 saturated heterocycles. The number of nitrogens with one attached hydrogen (secondary N) is 2. The molecule has 1 aromatic heterocycles. The summed E-state index contributed by atoms with van der Waals surface area (Å²) in [5.74, 6) is 1.57. The van der Waals surface area contributed by atoms with Crippen molar-refractivity contribution in [2.45, 2.75) is 76.7 Å². The summed E-state index contributed by atoms with van der Waals surface area (Å²) in [6.45, 7) is 4.88. The third-order valence-corrected chi connectivity index (χ3v) is 4.47. The molecule has 2 rings (SSSR count). The van der Waals surface area contributed by atoms with Gasteiger partial charge in [-0.3, -0.25) is 0 Å². The lowest BCUT2D eigenvalue weighted by Crippen LogP contribution is -2.46. The lowest BCUT2D eigenvalue weighted by molar-refractivity contribution is 0.0277. The second kappa shape index (κ2) is 9.01. The first-order valence-electron chi connectivity index (χ1n) is 9.05. The normalized spacial score (nSPS) is 17.5. The van der Waals surface area contributed by atoms with Crippen LogP contribution in [0.1, 0.15) is 76.4 Å². The first kappa shape index (κ1) is 18.7. The van der Waals surface area contributed by atoms with Crippen molar-refractivity contribution in [1.29, 1.82) is 0 Å². The van der Waals surface area contributed by atoms with Gasteiger partial charge in [-0.1, -0.05) is 44.7 Å². The zero-order valence-electron chi connectivity index (χ0n) is 14.8. The highest BCUT2D eigenvalue weighted by molar-refractivity contribution is 5.73. The zero-order chi connectivity index (χ0) is 17.4. The summed E-state index contributed by atoms with van der Waals surface area (Å²) in [5.41, 5.74) is -0.745. The van der Waals surface area contributed by atoms with E-state index in [1.165, 1.54) is 12.8 Å². The van der Waals surface area contributed by atoms with Gasteiger partial charge in [-0.2, -0.15) is 4.98 Å². The van der Waals surface area contributed by atoms with Gasteiger partial charge in [-0.15, -0.1) is 0 Å². The number of aromatic nitrogens is 2. The fourth-order valence-corrected chi connectivity index (χ4v) is 2.92. The highest BCUT2D eigenvalue weighted by atomic mass is 16.5. The van der Waals surface area contributed by atoms with Crippen LogP contribution in [0.3, 0.4) is 0 Å². The minimum atomic E-state index is -0.745. The second-order valence-corrected chi connectivity index (χ2v) is 7.05. The SMILES string of the molecule is CC(C)c1noc(CCCNC(=O)NCC2(O)CCCCCC2)n1. The maximum atomic E-state index is 11.8. The van der Waals surface area contributed by atoms with Crippen molar-refractivity contribution in [2.75, 3.05) is 13.1 Å². The Morgan fingerprint density at radius 2 is 1.96 bits per heavy atom. The average molecular weight is 338 g/mol. The van der Waals surface area contributed by atoms with Crippen molar-refractivity contribution in [3.05, 3.63) is 11.7 Å². The van der Waals surface area contributed by atoms with E-state index in [1.54, 1.807) is 0 Å². The van der Waals surface area contributed by atoms with Gasteiger partial charge in [0.1, 0.15) is 0 Å². The predicted molar refractivity (Wildman–Crippen MR) is 90.8 cm³/mol. The summed E-state index contributed by atoms with van der Waals surface area (Å²) >= 11 is 0. The van der Waals surface area contributed by atoms with E-state index < -0.39 is 5.60 Å². The molecule has 136 valence electrons. The second-order valence-electron chi connectivity index (χ2n) is 7.05. The van der Waals surface area contributed by atoms with Gasteiger partial charge in [-0.25, -0.2) is 4.79 Å². The Labute approximate surface area is 143 Å². The molecule has 7 heteroatoms. The molecule has 3 N–H and O–H groups in total. The van der Waals surface area contributed by atoms with Crippen molar-refractivity contribution >= 4 is 6.03 Å². The maximum absolute atomic E-state index is 11.8. The van der Waals surface area contributed by atoms with Crippen LogP contribution < -0.4 is 10.6 Å². The van der Waals surface area contributed by atoms with Gasteiger partial charge in [0.15, 0.2) is 5.82 Å². The summed E-state index contributed by atoms with van der Waals surface area (Å²) in [6.07, 6.45) is 7.31. The Kier molecular flexibility index (Phi) is 7.02. The number of urea groups is 1. The van der Waals surface area contributed by atoms with Crippen LogP contribution in [0.25, 0.3) is 0 Å². The molecule has 1 aliphatic carbocycles. The zero-order valence-corrected chi connectivity index (χ0v) is 14.8. The first-order chi connectivity index (χ1) is 11.5. The highest BCUT2D eigenvalue weighted by Gasteiger charge is 2.28. The Morgan fingerprint density at radius 1 is 1.25 bits per heavy atom. The molecule has 1 aliphatic rings. The number of aryl methyl sites for hydroxylation is 1. The molecule has 0 bridgehead atoms. The van der Waals surface area contributed by atoms with Crippen LogP contribution in [0.2, 0.25) is 0 Å². The monoisotopic (exact) mass is 338 g/mol. The van der Waals surface area contributed by atoms with Crippen molar-refractivity contribution in [3.8, 4) is 0 Å². The Morgan fingerprint density at radius 3 is 2.58 bits per heavy atom. The average Bonchev–Trinajstić information content (AvgIpc) is 2.92. The number of hydrogen-bond acceptors (Lipinski definition) is 5. The van der Waals surface area contributed by atoms with Crippen LogP contribution >= 0.6 is 0 Å². The Hall–Kier alpha value is -1.63. The van der Waals surface area contributed by atoms with E-state index in [9.17, 15) is 9.90 Å². The molecule has 7 nitrogen and oxygen atoms in total. The van der Waals surface area contributed by atoms with Gasteiger partial charge in [-0.05, 0) is 19.3 Å². The summed E-state index contributed by atoms with van der Waals surface area (Å²) in [5, 5.41) is 20.0. The predicted octanol–water partition coefficient (Wildman–Crippen LogP) is 2.51. The van der Waals surface area contributed by atoms with E-state index >= 15 is 0 Å². The molecule has 0 atom stereocenters. The molecular weight excluding hydrogens is 308 g/mol. The first-order valence-corrected chi connectivity index (χ1v) is 9.05. The van der Waals surface area contributed by atoms with Crippen molar-refractivity contribution in [3.63, 3.8) is 0 Å². The number of hydrogen-bond donors (Lipinski definition) is 3. The van der Waals surface area contributed by atoms with Crippen LogP contribution in [-0.4, -0.2) is 40.0 Å². The molecule has 1 aromatic rings. The molecular formula is C17H30N4O3. The van der Waals surface area contributed by atoms with Crippen molar-refractivity contribution < 1.29 is 14.4 Å². The van der Waals surface area contributed by atoms with E-state index in [0.717, 1.165) is 32.1 Å². The molecule has 1 heterocycles. The molecule has 0 radical (unpaired) electrons. The van der Waals surface area contributed by atoms with Crippen LogP contribution in [0.15, 0.2) is 4.52 Å². The van der Waals surface area contributed by atoms with Crippen molar-refractivity contribution in [2.24, 2.45) is 0 Å². The fraction of sp³-hybridized carbons (Fsp3) is 0.824. The quantitative estimate of drug-likeness (QED) is 0.524. The van der Waals surface area contributed by atoms with E-state index in [-0.39, 0.29) is 11.9 Å². The van der Waals surface area contributed by atoms with Gasteiger partial charge in [0, 0.05) is 25.4 Å². The molecule has 0 aliphatic heterocycles. The van der Waals surface area contributed by atoms with E-state index in [2.05, 4.69) is 20.8 Å². The van der Waals surface area contributed by atoms with Crippen molar-refractivity contribution in [1.82, 2.24) is 20.8 Å². The summed E-state index contributed by atoms with van der Waals surface area (Å²) in [4.78, 5) is 16.1. The van der Waals surface area contributed by atoms with Crippen LogP contribution in [0.4, 0.5) is 4.79 Å². The standard InChI is InChI=1S/C17H30N4O3/c1-13(2)15-20-14(24-21-15)8-7-11-18-16(22)19-12-17(23)9-5-3-4-6-10-17/h13,23H,3-12H2,1-2H3,(H2,18,19,22). The topological polar surface area (TPSA) is 100 Å². The molecule has 24 heavy (non-hydrogen) atoms. The van der Waals surface area contributed by atoms with E-state index in [4.69, 9.17) is 4.52 Å². The van der Waals surface area contributed by atoms with Crippen LogP contribution in [-0.2, 0) is 6.42 Å². The van der Waals surface area contributed by atoms with Gasteiger partial charge >= 0.3 is 6.03 Å². The van der Waals surface area contributed by atoms with Gasteiger partial charge in [0.2, 0.25) is 5.89 Å². The fourth-order valence-electron chi connectivity index (χ4n) is 2.92. The van der Waals surface area contributed by atoms with E-state index in [1.807, 2.05) is 13.8 Å². The molecule has 0 spiro atoms. The molecule has 0 unspecified atom stereocenters. The lowest BCUT2D eigenvalue weighted by atomic mass is 9.95. The van der Waals surface area contributed by atoms with Gasteiger partial charge in [0.05, 0.1) is 5.60 Å². The minimum Gasteiger partial charge on any atom is -0.388 e. The summed E-state index contributed by atoms with van der Waals surface area (Å²) < 4.78 is 5.16. The maximum Gasteiger partial charge on any atom is 0.314 e. The summed E-state index contributed by atoms with van der Waals surface area (Å²) in [6, 6.07) is -0.235. The molecule has 0 aromatic carbocycles. The third-order valence-electron chi connectivity index (χ3n) is 4.47. The number of amides is 2. The van der Waals surface area contributed by atoms with Gasteiger partial charge in [0.25, 0.3) is 0 Å². The molecule has 2 amide bonds. The molecule has 1 saturated carbocycles. The van der Waals surface area contributed by atoms with E-state index in [0.29, 0.717) is 31.2 Å². The highest BCUT2D eigenvalue weighted by Crippen LogP contribution is 2.26. The Balaban J connectivity index is 1.60. The largest absolute Gasteiger partial charge is 0.388 e. The van der Waals surface area contributed by atoms with Gasteiger partial charge < -0.3 is 20.3 Å². The van der Waals surface area contributed by atoms with Crippen LogP contribution in [0.5, 0.6) is 0 Å². The summed E-state index contributed by atoms with van der Waals surface area (Å²) in [7, 11) is 0. The van der Waals surface area contributed by atoms with Crippen LogP contribution in [0, 0.1) is 0 Å².